The summed E-state index contributed by atoms with van der Waals surface area (Å²) in [4.78, 5) is 15.6. The summed E-state index contributed by atoms with van der Waals surface area (Å²) in [5.41, 5.74) is 7.19. The Bertz CT molecular complexity index is 819. The molecule has 0 fully saturated rings. The molecule has 0 aliphatic heterocycles. The van der Waals surface area contributed by atoms with Gasteiger partial charge in [0.2, 0.25) is 5.91 Å². The van der Waals surface area contributed by atoms with E-state index >= 15 is 0 Å². The van der Waals surface area contributed by atoms with Crippen LogP contribution >= 0.6 is 0 Å². The molecule has 2 aromatic heterocycles. The van der Waals surface area contributed by atoms with E-state index in [2.05, 4.69) is 10.3 Å². The third-order valence-electron chi connectivity index (χ3n) is 3.68. The standard InChI is InChI=1S/C16H18N4O2/c1-10(15(17)21)18-9-11-7-8-14(22-11)16-19-12-5-3-4-6-13(12)20(16)2/h3-8,10,18H,9H2,1-2H3,(H2,17,21)/t10-/m0/s1. The smallest absolute Gasteiger partial charge is 0.234 e. The van der Waals surface area contributed by atoms with Crippen molar-refractivity contribution in [1.29, 1.82) is 0 Å². The van der Waals surface area contributed by atoms with E-state index in [1.807, 2.05) is 48.0 Å². The summed E-state index contributed by atoms with van der Waals surface area (Å²) < 4.78 is 7.81. The van der Waals surface area contributed by atoms with E-state index < -0.39 is 6.04 Å². The molecule has 0 bridgehead atoms. The summed E-state index contributed by atoms with van der Waals surface area (Å²) in [7, 11) is 1.96. The van der Waals surface area contributed by atoms with E-state index in [4.69, 9.17) is 10.2 Å². The molecule has 1 amide bonds. The summed E-state index contributed by atoms with van der Waals surface area (Å²) in [5.74, 6) is 1.81. The van der Waals surface area contributed by atoms with Crippen LogP contribution in [0.15, 0.2) is 40.8 Å². The maximum absolute atomic E-state index is 11.0. The van der Waals surface area contributed by atoms with Crippen LogP contribution in [0.4, 0.5) is 0 Å². The number of hydrogen-bond acceptors (Lipinski definition) is 4. The van der Waals surface area contributed by atoms with Gasteiger partial charge in [-0.05, 0) is 31.2 Å². The van der Waals surface area contributed by atoms with Crippen LogP contribution in [0.3, 0.4) is 0 Å². The minimum absolute atomic E-state index is 0.387. The summed E-state index contributed by atoms with van der Waals surface area (Å²) in [6.07, 6.45) is 0. The van der Waals surface area contributed by atoms with E-state index in [-0.39, 0.29) is 5.91 Å². The molecule has 114 valence electrons. The number of imidazole rings is 1. The minimum atomic E-state index is -0.399. The van der Waals surface area contributed by atoms with Gasteiger partial charge in [-0.2, -0.15) is 0 Å². The Morgan fingerprint density at radius 2 is 2.14 bits per heavy atom. The predicted molar refractivity (Wildman–Crippen MR) is 83.9 cm³/mol. The van der Waals surface area contributed by atoms with E-state index in [9.17, 15) is 4.79 Å². The fraction of sp³-hybridized carbons (Fsp3) is 0.250. The Kier molecular flexibility index (Phi) is 3.68. The topological polar surface area (TPSA) is 86.1 Å². The number of nitrogens with one attached hydrogen (secondary N) is 1. The van der Waals surface area contributed by atoms with E-state index in [0.717, 1.165) is 22.6 Å². The molecule has 0 saturated heterocycles. The Morgan fingerprint density at radius 3 is 2.86 bits per heavy atom. The molecule has 0 aliphatic carbocycles. The normalized spacial score (nSPS) is 12.6. The van der Waals surface area contributed by atoms with Crippen LogP contribution in [0.25, 0.3) is 22.6 Å². The number of amides is 1. The number of nitrogens with zero attached hydrogens (tertiary/aromatic N) is 2. The fourth-order valence-electron chi connectivity index (χ4n) is 2.31. The van der Waals surface area contributed by atoms with E-state index in [1.54, 1.807) is 6.92 Å². The summed E-state index contributed by atoms with van der Waals surface area (Å²) >= 11 is 0. The number of benzene rings is 1. The largest absolute Gasteiger partial charge is 0.456 e. The highest BCUT2D eigenvalue weighted by Gasteiger charge is 2.14. The molecule has 0 saturated carbocycles. The van der Waals surface area contributed by atoms with Crippen molar-refractivity contribution in [2.24, 2.45) is 12.8 Å². The number of para-hydroxylation sites is 2. The molecule has 3 N–H and O–H groups in total. The number of fused-ring (bicyclic) bond motifs is 1. The number of aromatic nitrogens is 2. The minimum Gasteiger partial charge on any atom is -0.456 e. The van der Waals surface area contributed by atoms with Gasteiger partial charge in [0.05, 0.1) is 23.6 Å². The third kappa shape index (κ3) is 2.60. The van der Waals surface area contributed by atoms with Gasteiger partial charge in [0.15, 0.2) is 11.6 Å². The van der Waals surface area contributed by atoms with Gasteiger partial charge in [0.1, 0.15) is 5.76 Å². The van der Waals surface area contributed by atoms with Gasteiger partial charge >= 0.3 is 0 Å². The molecule has 0 radical (unpaired) electrons. The molecule has 3 rings (SSSR count). The highest BCUT2D eigenvalue weighted by atomic mass is 16.3. The van der Waals surface area contributed by atoms with Crippen LogP contribution < -0.4 is 11.1 Å². The average Bonchev–Trinajstić information content (AvgIpc) is 3.10. The number of carbonyl (C=O) groups excluding carboxylic acids is 1. The molecule has 6 nitrogen and oxygen atoms in total. The Labute approximate surface area is 127 Å². The zero-order valence-corrected chi connectivity index (χ0v) is 12.5. The lowest BCUT2D eigenvalue weighted by atomic mass is 10.3. The third-order valence-corrected chi connectivity index (χ3v) is 3.68. The SMILES string of the molecule is C[C@H](NCc1ccc(-c2nc3ccccc3n2C)o1)C(N)=O. The van der Waals surface area contributed by atoms with E-state index in [1.165, 1.54) is 0 Å². The second-order valence-electron chi connectivity index (χ2n) is 5.25. The van der Waals surface area contributed by atoms with Crippen molar-refractivity contribution in [3.05, 3.63) is 42.2 Å². The highest BCUT2D eigenvalue weighted by molar-refractivity contribution is 5.80. The van der Waals surface area contributed by atoms with Crippen LogP contribution in [0.5, 0.6) is 0 Å². The number of aryl methyl sites for hydroxylation is 1. The van der Waals surface area contributed by atoms with Crippen LogP contribution in [0, 0.1) is 0 Å². The molecule has 0 unspecified atom stereocenters. The molecule has 3 aromatic rings. The molecule has 0 aliphatic rings. The summed E-state index contributed by atoms with van der Waals surface area (Å²) in [6.45, 7) is 2.16. The zero-order valence-electron chi connectivity index (χ0n) is 12.5. The van der Waals surface area contributed by atoms with Crippen molar-refractivity contribution >= 4 is 16.9 Å². The number of rotatable bonds is 5. The van der Waals surface area contributed by atoms with Crippen molar-refractivity contribution < 1.29 is 9.21 Å². The Balaban J connectivity index is 1.83. The van der Waals surface area contributed by atoms with Crippen molar-refractivity contribution in [1.82, 2.24) is 14.9 Å². The van der Waals surface area contributed by atoms with Gasteiger partial charge in [0, 0.05) is 7.05 Å². The molecular weight excluding hydrogens is 280 g/mol. The summed E-state index contributed by atoms with van der Waals surface area (Å²) in [5, 5.41) is 3.01. The maximum atomic E-state index is 11.0. The fourth-order valence-corrected chi connectivity index (χ4v) is 2.31. The monoisotopic (exact) mass is 298 g/mol. The lowest BCUT2D eigenvalue weighted by molar-refractivity contribution is -0.119. The molecule has 22 heavy (non-hydrogen) atoms. The van der Waals surface area contributed by atoms with Crippen LogP contribution in [0.2, 0.25) is 0 Å². The van der Waals surface area contributed by atoms with Gasteiger partial charge in [-0.25, -0.2) is 4.98 Å². The predicted octanol–water partition coefficient (Wildman–Crippen LogP) is 1.80. The number of nitrogens with two attached hydrogens (primary N) is 1. The van der Waals surface area contributed by atoms with Gasteiger partial charge in [-0.15, -0.1) is 0 Å². The van der Waals surface area contributed by atoms with Crippen molar-refractivity contribution in [3.63, 3.8) is 0 Å². The number of hydrogen-bond donors (Lipinski definition) is 2. The first-order chi connectivity index (χ1) is 10.6. The quantitative estimate of drug-likeness (QED) is 0.752. The van der Waals surface area contributed by atoms with Crippen LogP contribution in [-0.2, 0) is 18.4 Å². The van der Waals surface area contributed by atoms with Crippen molar-refractivity contribution in [3.8, 4) is 11.6 Å². The first-order valence-electron chi connectivity index (χ1n) is 7.09. The molecule has 1 aromatic carbocycles. The molecule has 0 spiro atoms. The lowest BCUT2D eigenvalue weighted by Gasteiger charge is -2.07. The van der Waals surface area contributed by atoms with Crippen LogP contribution in [0.1, 0.15) is 12.7 Å². The van der Waals surface area contributed by atoms with E-state index in [0.29, 0.717) is 12.3 Å². The van der Waals surface area contributed by atoms with Crippen LogP contribution in [-0.4, -0.2) is 21.5 Å². The Hall–Kier alpha value is -2.60. The molecular formula is C16H18N4O2. The van der Waals surface area contributed by atoms with Gasteiger partial charge < -0.3 is 14.7 Å². The Morgan fingerprint density at radius 1 is 1.36 bits per heavy atom. The average molecular weight is 298 g/mol. The second-order valence-corrected chi connectivity index (χ2v) is 5.25. The zero-order chi connectivity index (χ0) is 15.7. The first-order valence-corrected chi connectivity index (χ1v) is 7.09. The second kappa shape index (κ2) is 5.65. The first kappa shape index (κ1) is 14.3. The number of primary amides is 1. The van der Waals surface area contributed by atoms with Crippen molar-refractivity contribution in [2.45, 2.75) is 19.5 Å². The van der Waals surface area contributed by atoms with Gasteiger partial charge in [-0.1, -0.05) is 12.1 Å². The molecule has 6 heteroatoms. The maximum Gasteiger partial charge on any atom is 0.234 e. The lowest BCUT2D eigenvalue weighted by Crippen LogP contribution is -2.38. The molecule has 2 heterocycles. The number of carbonyl (C=O) groups is 1. The van der Waals surface area contributed by atoms with Gasteiger partial charge in [0.25, 0.3) is 0 Å². The van der Waals surface area contributed by atoms with Gasteiger partial charge in [-0.3, -0.25) is 10.1 Å². The highest BCUT2D eigenvalue weighted by Crippen LogP contribution is 2.25. The molecule has 1 atom stereocenters. The summed E-state index contributed by atoms with van der Waals surface area (Å²) in [6, 6.07) is 11.3. The number of furan rings is 1. The van der Waals surface area contributed by atoms with Crippen molar-refractivity contribution in [2.75, 3.05) is 0 Å².